The van der Waals surface area contributed by atoms with Crippen LogP contribution in [-0.4, -0.2) is 46.9 Å². The number of amides is 1. The summed E-state index contributed by atoms with van der Waals surface area (Å²) in [5.41, 5.74) is 0.879. The molecule has 2 atom stereocenters. The van der Waals surface area contributed by atoms with Crippen LogP contribution < -0.4 is 5.32 Å². The monoisotopic (exact) mass is 415 g/mol. The molecule has 1 aliphatic heterocycles. The first kappa shape index (κ1) is 18.6. The predicted octanol–water partition coefficient (Wildman–Crippen LogP) is 2.45. The molecular weight excluding hydrogens is 398 g/mol. The summed E-state index contributed by atoms with van der Waals surface area (Å²) < 4.78 is 26.0. The second kappa shape index (κ2) is 7.56. The van der Waals surface area contributed by atoms with Crippen LogP contribution >= 0.6 is 35.3 Å². The van der Waals surface area contributed by atoms with Gasteiger partial charge in [-0.3, -0.25) is 4.79 Å². The number of nitrogens with one attached hydrogen (secondary N) is 1. The molecule has 1 aliphatic rings. The molecule has 0 bridgehead atoms. The minimum atomic E-state index is -3.01. The van der Waals surface area contributed by atoms with Gasteiger partial charge in [0.05, 0.1) is 22.4 Å². The van der Waals surface area contributed by atoms with Gasteiger partial charge in [-0.1, -0.05) is 41.3 Å². The molecule has 1 saturated heterocycles. The second-order valence-electron chi connectivity index (χ2n) is 5.75. The molecule has 0 saturated carbocycles. The van der Waals surface area contributed by atoms with Crippen LogP contribution in [0, 0.1) is 3.95 Å². The molecule has 0 aliphatic carbocycles. The van der Waals surface area contributed by atoms with Crippen molar-refractivity contribution in [3.63, 3.8) is 0 Å². The molecule has 2 aromatic rings. The van der Waals surface area contributed by atoms with E-state index in [2.05, 4.69) is 10.4 Å². The quantitative estimate of drug-likeness (QED) is 0.597. The molecule has 0 spiro atoms. The second-order valence-corrected chi connectivity index (χ2v) is 11.2. The molecule has 3 rings (SSSR count). The van der Waals surface area contributed by atoms with Crippen molar-refractivity contribution >= 4 is 51.1 Å². The predicted molar refractivity (Wildman–Crippen MR) is 103 cm³/mol. The highest BCUT2D eigenvalue weighted by molar-refractivity contribution is 8.02. The van der Waals surface area contributed by atoms with Gasteiger partial charge in [0.15, 0.2) is 18.1 Å². The van der Waals surface area contributed by atoms with Crippen molar-refractivity contribution in [2.75, 3.05) is 11.5 Å². The molecule has 1 aromatic heterocycles. The van der Waals surface area contributed by atoms with Gasteiger partial charge in [-0.2, -0.15) is 0 Å². The summed E-state index contributed by atoms with van der Waals surface area (Å²) in [5.74, 6) is -0.0143. The first-order valence-electron chi connectivity index (χ1n) is 7.67. The average molecular weight is 416 g/mol. The van der Waals surface area contributed by atoms with Gasteiger partial charge in [0, 0.05) is 6.04 Å². The van der Waals surface area contributed by atoms with E-state index in [1.165, 1.54) is 23.1 Å². The minimum absolute atomic E-state index is 0.0255. The normalized spacial score (nSPS) is 20.3. The number of hydrogen-bond donors (Lipinski definition) is 1. The van der Waals surface area contributed by atoms with Crippen LogP contribution in [0.3, 0.4) is 0 Å². The number of rotatable bonds is 5. The number of nitrogens with zero attached hydrogens (tertiary/aromatic N) is 2. The van der Waals surface area contributed by atoms with E-state index >= 15 is 0 Å². The summed E-state index contributed by atoms with van der Waals surface area (Å²) in [6.45, 7) is 1.78. The van der Waals surface area contributed by atoms with Crippen LogP contribution in [0.25, 0.3) is 5.69 Å². The van der Waals surface area contributed by atoms with E-state index in [1.807, 2.05) is 30.3 Å². The summed E-state index contributed by atoms with van der Waals surface area (Å²) in [4.78, 5) is 12.3. The fourth-order valence-corrected chi connectivity index (χ4v) is 6.66. The van der Waals surface area contributed by atoms with Gasteiger partial charge in [-0.05, 0) is 37.7 Å². The summed E-state index contributed by atoms with van der Waals surface area (Å²) in [7, 11) is -3.01. The van der Waals surface area contributed by atoms with Gasteiger partial charge in [-0.15, -0.1) is 5.10 Å². The molecule has 134 valence electrons. The van der Waals surface area contributed by atoms with Gasteiger partial charge in [0.1, 0.15) is 0 Å². The van der Waals surface area contributed by atoms with E-state index in [0.717, 1.165) is 5.69 Å². The van der Waals surface area contributed by atoms with Crippen molar-refractivity contribution in [2.24, 2.45) is 0 Å². The maximum atomic E-state index is 12.3. The maximum absolute atomic E-state index is 12.3. The van der Waals surface area contributed by atoms with E-state index < -0.39 is 9.84 Å². The Hall–Kier alpha value is -1.23. The average Bonchev–Trinajstić information content (AvgIpc) is 3.10. The van der Waals surface area contributed by atoms with E-state index in [9.17, 15) is 13.2 Å². The minimum Gasteiger partial charge on any atom is -0.351 e. The van der Waals surface area contributed by atoms with Gasteiger partial charge < -0.3 is 5.32 Å². The zero-order chi connectivity index (χ0) is 18.0. The third-order valence-electron chi connectivity index (χ3n) is 3.76. The number of carbonyl (C=O) groups excluding carboxylic acids is 1. The van der Waals surface area contributed by atoms with Crippen molar-refractivity contribution < 1.29 is 13.2 Å². The molecule has 2 heterocycles. The first-order valence-corrected chi connectivity index (χ1v) is 11.6. The fourth-order valence-electron chi connectivity index (χ4n) is 2.47. The lowest BCUT2D eigenvalue weighted by Crippen LogP contribution is -2.39. The lowest BCUT2D eigenvalue weighted by molar-refractivity contribution is -0.120. The Morgan fingerprint density at radius 1 is 1.44 bits per heavy atom. The van der Waals surface area contributed by atoms with Crippen LogP contribution in [0.4, 0.5) is 0 Å². The van der Waals surface area contributed by atoms with Crippen molar-refractivity contribution in [2.45, 2.75) is 29.0 Å². The SMILES string of the molecule is CC(Sc1nn(-c2ccccc2)c(=S)s1)C(=O)NC1CCS(=O)(=O)C1. The smallest absolute Gasteiger partial charge is 0.233 e. The van der Waals surface area contributed by atoms with Gasteiger partial charge in [0.25, 0.3) is 0 Å². The topological polar surface area (TPSA) is 81.1 Å². The number of para-hydroxylation sites is 1. The molecule has 1 amide bonds. The number of carbonyl (C=O) groups is 1. The zero-order valence-electron chi connectivity index (χ0n) is 13.4. The highest BCUT2D eigenvalue weighted by Crippen LogP contribution is 2.28. The highest BCUT2D eigenvalue weighted by Gasteiger charge is 2.30. The first-order chi connectivity index (χ1) is 11.8. The van der Waals surface area contributed by atoms with Crippen LogP contribution in [0.2, 0.25) is 0 Å². The third-order valence-corrected chi connectivity index (χ3v) is 7.94. The molecule has 25 heavy (non-hydrogen) atoms. The molecule has 1 fully saturated rings. The number of sulfone groups is 1. The molecular formula is C15H17N3O3S4. The summed E-state index contributed by atoms with van der Waals surface area (Å²) in [6, 6.07) is 9.29. The van der Waals surface area contributed by atoms with Crippen molar-refractivity contribution in [3.05, 3.63) is 34.3 Å². The van der Waals surface area contributed by atoms with Crippen molar-refractivity contribution in [3.8, 4) is 5.69 Å². The van der Waals surface area contributed by atoms with Crippen LogP contribution in [0.15, 0.2) is 34.7 Å². The van der Waals surface area contributed by atoms with Crippen molar-refractivity contribution in [1.82, 2.24) is 15.1 Å². The maximum Gasteiger partial charge on any atom is 0.233 e. The Balaban J connectivity index is 1.64. The van der Waals surface area contributed by atoms with Crippen LogP contribution in [0.5, 0.6) is 0 Å². The Bertz CT molecular complexity index is 921. The largest absolute Gasteiger partial charge is 0.351 e. The Kier molecular flexibility index (Phi) is 5.62. The number of hydrogen-bond acceptors (Lipinski definition) is 7. The van der Waals surface area contributed by atoms with E-state index in [4.69, 9.17) is 12.2 Å². The van der Waals surface area contributed by atoms with E-state index in [0.29, 0.717) is 14.7 Å². The van der Waals surface area contributed by atoms with E-state index in [-0.39, 0.29) is 28.7 Å². The van der Waals surface area contributed by atoms with E-state index in [1.54, 1.807) is 11.6 Å². The standard InChI is InChI=1S/C15H17N3O3S4/c1-10(13(19)16-11-7-8-25(20,21)9-11)23-14-17-18(15(22)24-14)12-5-3-2-4-6-12/h2-6,10-11H,7-9H2,1H3,(H,16,19). The highest BCUT2D eigenvalue weighted by atomic mass is 32.2. The molecule has 6 nitrogen and oxygen atoms in total. The molecule has 10 heteroatoms. The van der Waals surface area contributed by atoms with Crippen molar-refractivity contribution in [1.29, 1.82) is 0 Å². The zero-order valence-corrected chi connectivity index (χ0v) is 16.7. The number of benzene rings is 1. The van der Waals surface area contributed by atoms with Crippen LogP contribution in [-0.2, 0) is 14.6 Å². The Labute approximate surface area is 159 Å². The summed E-state index contributed by atoms with van der Waals surface area (Å²) in [6.07, 6.45) is 0.479. The Morgan fingerprint density at radius 3 is 2.80 bits per heavy atom. The van der Waals surface area contributed by atoms with Gasteiger partial charge in [0.2, 0.25) is 5.91 Å². The lowest BCUT2D eigenvalue weighted by Gasteiger charge is -2.14. The fraction of sp³-hybridized carbons (Fsp3) is 0.400. The number of thioether (sulfide) groups is 1. The molecule has 1 aromatic carbocycles. The van der Waals surface area contributed by atoms with Gasteiger partial charge >= 0.3 is 0 Å². The number of aromatic nitrogens is 2. The van der Waals surface area contributed by atoms with Gasteiger partial charge in [-0.25, -0.2) is 13.1 Å². The van der Waals surface area contributed by atoms with Crippen LogP contribution in [0.1, 0.15) is 13.3 Å². The molecule has 0 radical (unpaired) electrons. The summed E-state index contributed by atoms with van der Waals surface area (Å²) >= 11 is 8.03. The summed E-state index contributed by atoms with van der Waals surface area (Å²) in [5, 5.41) is 6.91. The molecule has 1 N–H and O–H groups in total. The lowest BCUT2D eigenvalue weighted by atomic mass is 10.2. The Morgan fingerprint density at radius 2 is 2.16 bits per heavy atom. The third kappa shape index (κ3) is 4.69. The molecule has 2 unspecified atom stereocenters.